The molecule has 1 unspecified atom stereocenters. The van der Waals surface area contributed by atoms with Crippen LogP contribution in [-0.4, -0.2) is 54.7 Å². The molecule has 0 radical (unpaired) electrons. The van der Waals surface area contributed by atoms with Gasteiger partial charge in [0.25, 0.3) is 5.91 Å². The number of carbonyl (C=O) groups is 1. The Morgan fingerprint density at radius 2 is 2.04 bits per heavy atom. The van der Waals surface area contributed by atoms with Crippen molar-refractivity contribution in [1.29, 1.82) is 0 Å². The zero-order valence-electron chi connectivity index (χ0n) is 14.6. The fourth-order valence-corrected chi connectivity index (χ4v) is 3.38. The minimum atomic E-state index is -4.60. The number of alkyl halides is 3. The molecule has 2 rings (SSSR count). The van der Waals surface area contributed by atoms with Crippen molar-refractivity contribution in [2.75, 3.05) is 38.6 Å². The third kappa shape index (κ3) is 5.08. The standard InChI is InChI=1S/C16H22BrF3N4O2/c1-9(2)12(24-3-5-26-6-4-24)8-22-15(25)13-11(21)7-10(14(17)23-13)16(18,19)20/h7,9,12H,3-6,8,21H2,1-2H3,(H,22,25). The van der Waals surface area contributed by atoms with Crippen LogP contribution in [0.25, 0.3) is 0 Å². The molecule has 6 nitrogen and oxygen atoms in total. The lowest BCUT2D eigenvalue weighted by Gasteiger charge is -2.36. The Morgan fingerprint density at radius 3 is 2.58 bits per heavy atom. The van der Waals surface area contributed by atoms with Crippen LogP contribution in [0.1, 0.15) is 29.9 Å². The van der Waals surface area contributed by atoms with Gasteiger partial charge in [-0.15, -0.1) is 0 Å². The molecule has 1 aliphatic heterocycles. The maximum Gasteiger partial charge on any atom is 0.419 e. The molecule has 146 valence electrons. The Bertz CT molecular complexity index is 649. The lowest BCUT2D eigenvalue weighted by atomic mass is 10.0. The second-order valence-electron chi connectivity index (χ2n) is 6.43. The van der Waals surface area contributed by atoms with E-state index in [1.165, 1.54) is 0 Å². The molecule has 0 aromatic carbocycles. The maximum atomic E-state index is 12.9. The number of carbonyl (C=O) groups excluding carboxylic acids is 1. The Hall–Kier alpha value is -1.39. The van der Waals surface area contributed by atoms with Crippen LogP contribution < -0.4 is 11.1 Å². The molecule has 1 amide bonds. The summed E-state index contributed by atoms with van der Waals surface area (Å²) in [5.74, 6) is -0.325. The third-order valence-electron chi connectivity index (χ3n) is 4.28. The molecule has 1 saturated heterocycles. The molecule has 26 heavy (non-hydrogen) atoms. The highest BCUT2D eigenvalue weighted by atomic mass is 79.9. The number of nitrogens with two attached hydrogens (primary N) is 1. The number of anilines is 1. The number of rotatable bonds is 5. The van der Waals surface area contributed by atoms with Gasteiger partial charge in [-0.05, 0) is 27.9 Å². The van der Waals surface area contributed by atoms with Gasteiger partial charge in [-0.2, -0.15) is 13.2 Å². The van der Waals surface area contributed by atoms with Crippen LogP contribution in [0.5, 0.6) is 0 Å². The molecular weight excluding hydrogens is 417 g/mol. The van der Waals surface area contributed by atoms with E-state index in [2.05, 4.69) is 31.1 Å². The first-order valence-electron chi connectivity index (χ1n) is 8.24. The van der Waals surface area contributed by atoms with Crippen molar-refractivity contribution < 1.29 is 22.7 Å². The minimum absolute atomic E-state index is 0.0852. The van der Waals surface area contributed by atoms with Gasteiger partial charge in [-0.3, -0.25) is 9.69 Å². The summed E-state index contributed by atoms with van der Waals surface area (Å²) in [4.78, 5) is 18.3. The Kier molecular flexibility index (Phi) is 6.86. The lowest BCUT2D eigenvalue weighted by Crippen LogP contribution is -2.51. The summed E-state index contributed by atoms with van der Waals surface area (Å²) in [6.07, 6.45) is -4.60. The summed E-state index contributed by atoms with van der Waals surface area (Å²) in [7, 11) is 0. The van der Waals surface area contributed by atoms with Crippen molar-refractivity contribution in [3.8, 4) is 0 Å². The van der Waals surface area contributed by atoms with E-state index in [1.807, 2.05) is 13.8 Å². The summed E-state index contributed by atoms with van der Waals surface area (Å²) in [6.45, 7) is 7.25. The Balaban J connectivity index is 2.10. The first kappa shape index (κ1) is 20.9. The quantitative estimate of drug-likeness (QED) is 0.690. The van der Waals surface area contributed by atoms with E-state index < -0.39 is 22.3 Å². The molecule has 1 aromatic heterocycles. The van der Waals surface area contributed by atoms with Crippen molar-refractivity contribution in [1.82, 2.24) is 15.2 Å². The third-order valence-corrected chi connectivity index (χ3v) is 4.89. The van der Waals surface area contributed by atoms with Gasteiger partial charge >= 0.3 is 6.18 Å². The van der Waals surface area contributed by atoms with Gasteiger partial charge in [-0.1, -0.05) is 13.8 Å². The Morgan fingerprint density at radius 1 is 1.42 bits per heavy atom. The lowest BCUT2D eigenvalue weighted by molar-refractivity contribution is -0.138. The van der Waals surface area contributed by atoms with Gasteiger partial charge in [0.2, 0.25) is 0 Å². The van der Waals surface area contributed by atoms with E-state index in [-0.39, 0.29) is 23.3 Å². The van der Waals surface area contributed by atoms with Gasteiger partial charge in [0.15, 0.2) is 5.69 Å². The maximum absolute atomic E-state index is 12.9. The number of nitrogens with zero attached hydrogens (tertiary/aromatic N) is 2. The predicted octanol–water partition coefficient (Wildman–Crippen LogP) is 2.53. The number of amides is 1. The Labute approximate surface area is 158 Å². The molecule has 1 atom stereocenters. The van der Waals surface area contributed by atoms with Crippen LogP contribution in [0.15, 0.2) is 10.7 Å². The number of aromatic nitrogens is 1. The number of halogens is 4. The first-order valence-corrected chi connectivity index (χ1v) is 9.03. The van der Waals surface area contributed by atoms with Gasteiger partial charge in [-0.25, -0.2) is 4.98 Å². The molecular formula is C16H22BrF3N4O2. The number of ether oxygens (including phenoxy) is 1. The van der Waals surface area contributed by atoms with Crippen LogP contribution in [0, 0.1) is 5.92 Å². The van der Waals surface area contributed by atoms with E-state index in [1.54, 1.807) is 0 Å². The summed E-state index contributed by atoms with van der Waals surface area (Å²) in [5, 5.41) is 2.74. The molecule has 2 heterocycles. The number of hydrogen-bond donors (Lipinski definition) is 2. The van der Waals surface area contributed by atoms with Crippen LogP contribution in [0.2, 0.25) is 0 Å². The molecule has 0 bridgehead atoms. The van der Waals surface area contributed by atoms with Crippen molar-refractivity contribution in [3.63, 3.8) is 0 Å². The molecule has 1 fully saturated rings. The predicted molar refractivity (Wildman–Crippen MR) is 94.7 cm³/mol. The SMILES string of the molecule is CC(C)C(CNC(=O)c1nc(Br)c(C(F)(F)F)cc1N)N1CCOCC1. The zero-order chi connectivity index (χ0) is 19.5. The first-order chi connectivity index (χ1) is 12.1. The molecule has 0 spiro atoms. The van der Waals surface area contributed by atoms with Crippen molar-refractivity contribution >= 4 is 27.5 Å². The highest BCUT2D eigenvalue weighted by molar-refractivity contribution is 9.10. The highest BCUT2D eigenvalue weighted by Gasteiger charge is 2.35. The van der Waals surface area contributed by atoms with Crippen molar-refractivity contribution in [3.05, 3.63) is 21.9 Å². The van der Waals surface area contributed by atoms with E-state index >= 15 is 0 Å². The number of nitrogen functional groups attached to an aromatic ring is 1. The van der Waals surface area contributed by atoms with Gasteiger partial charge in [0.1, 0.15) is 4.60 Å². The molecule has 3 N–H and O–H groups in total. The van der Waals surface area contributed by atoms with Crippen LogP contribution in [0.4, 0.5) is 18.9 Å². The highest BCUT2D eigenvalue weighted by Crippen LogP contribution is 2.35. The fourth-order valence-electron chi connectivity index (χ4n) is 2.86. The number of hydrogen-bond acceptors (Lipinski definition) is 5. The number of morpholine rings is 1. The molecule has 10 heteroatoms. The van der Waals surface area contributed by atoms with Crippen LogP contribution >= 0.6 is 15.9 Å². The average Bonchev–Trinajstić information content (AvgIpc) is 2.56. The smallest absolute Gasteiger partial charge is 0.397 e. The monoisotopic (exact) mass is 438 g/mol. The summed E-state index contributed by atoms with van der Waals surface area (Å²) in [5.41, 5.74) is 4.07. The molecule has 0 saturated carbocycles. The molecule has 1 aliphatic rings. The molecule has 0 aliphatic carbocycles. The largest absolute Gasteiger partial charge is 0.419 e. The van der Waals surface area contributed by atoms with Gasteiger partial charge in [0, 0.05) is 25.7 Å². The zero-order valence-corrected chi connectivity index (χ0v) is 16.2. The molecule has 1 aromatic rings. The van der Waals surface area contributed by atoms with E-state index in [0.29, 0.717) is 25.8 Å². The number of nitrogens with one attached hydrogen (secondary N) is 1. The second kappa shape index (κ2) is 8.53. The topological polar surface area (TPSA) is 80.5 Å². The average molecular weight is 439 g/mol. The van der Waals surface area contributed by atoms with E-state index in [0.717, 1.165) is 13.1 Å². The van der Waals surface area contributed by atoms with Crippen LogP contribution in [-0.2, 0) is 10.9 Å². The summed E-state index contributed by atoms with van der Waals surface area (Å²) < 4.78 is 43.5. The number of pyridine rings is 1. The normalized spacial score (nSPS) is 17.3. The second-order valence-corrected chi connectivity index (χ2v) is 7.18. The van der Waals surface area contributed by atoms with E-state index in [4.69, 9.17) is 10.5 Å². The minimum Gasteiger partial charge on any atom is -0.397 e. The van der Waals surface area contributed by atoms with Crippen molar-refractivity contribution in [2.24, 2.45) is 5.92 Å². The van der Waals surface area contributed by atoms with Crippen LogP contribution in [0.3, 0.4) is 0 Å². The summed E-state index contributed by atoms with van der Waals surface area (Å²) >= 11 is 2.76. The fraction of sp³-hybridized carbons (Fsp3) is 0.625. The van der Waals surface area contributed by atoms with Gasteiger partial charge < -0.3 is 15.8 Å². The summed E-state index contributed by atoms with van der Waals surface area (Å²) in [6, 6.07) is 0.801. The van der Waals surface area contributed by atoms with E-state index in [9.17, 15) is 18.0 Å². The van der Waals surface area contributed by atoms with Crippen molar-refractivity contribution in [2.45, 2.75) is 26.1 Å². The van der Waals surface area contributed by atoms with Gasteiger partial charge in [0.05, 0.1) is 24.5 Å².